The maximum atomic E-state index is 12.3. The summed E-state index contributed by atoms with van der Waals surface area (Å²) in [6.07, 6.45) is -1.43. The lowest BCUT2D eigenvalue weighted by atomic mass is 10.1. The molecular weight excluding hydrogens is 309 g/mol. The van der Waals surface area contributed by atoms with Gasteiger partial charge in [-0.1, -0.05) is 11.6 Å². The van der Waals surface area contributed by atoms with E-state index in [4.69, 9.17) is 11.6 Å². The van der Waals surface area contributed by atoms with Crippen LogP contribution in [0.2, 0.25) is 5.02 Å². The predicted molar refractivity (Wildman–Crippen MR) is 73.7 cm³/mol. The van der Waals surface area contributed by atoms with Crippen molar-refractivity contribution in [1.82, 2.24) is 14.7 Å². The second-order valence-electron chi connectivity index (χ2n) is 5.20. The molecule has 2 heterocycles. The Morgan fingerprint density at radius 2 is 2.24 bits per heavy atom. The van der Waals surface area contributed by atoms with Gasteiger partial charge in [0.15, 0.2) is 0 Å². The molecule has 1 aromatic rings. The summed E-state index contributed by atoms with van der Waals surface area (Å²) >= 11 is 5.87. The number of alkyl halides is 3. The minimum Gasteiger partial charge on any atom is -0.378 e. The van der Waals surface area contributed by atoms with Crippen molar-refractivity contribution < 1.29 is 13.2 Å². The second-order valence-corrected chi connectivity index (χ2v) is 5.57. The van der Waals surface area contributed by atoms with E-state index in [1.54, 1.807) is 0 Å². The SMILES string of the molecule is CN1CCCC(Nc2cnn(CC(F)(F)F)c(=O)c2Cl)C1. The van der Waals surface area contributed by atoms with Crippen LogP contribution in [0.5, 0.6) is 0 Å². The molecule has 0 aliphatic carbocycles. The molecule has 1 atom stereocenters. The Kier molecular flexibility index (Phi) is 4.77. The molecule has 0 amide bonds. The molecule has 0 radical (unpaired) electrons. The maximum absolute atomic E-state index is 12.3. The van der Waals surface area contributed by atoms with Gasteiger partial charge in [-0.2, -0.15) is 18.3 Å². The van der Waals surface area contributed by atoms with Crippen LogP contribution < -0.4 is 10.9 Å². The van der Waals surface area contributed by atoms with Crippen LogP contribution in [0.25, 0.3) is 0 Å². The zero-order valence-electron chi connectivity index (χ0n) is 11.5. The third kappa shape index (κ3) is 4.34. The molecule has 1 unspecified atom stereocenters. The van der Waals surface area contributed by atoms with Gasteiger partial charge in [0.2, 0.25) is 0 Å². The van der Waals surface area contributed by atoms with E-state index < -0.39 is 18.3 Å². The molecule has 1 N–H and O–H groups in total. The lowest BCUT2D eigenvalue weighted by Gasteiger charge is -2.31. The standard InChI is InChI=1S/C12H16ClF3N4O/c1-19-4-2-3-8(6-19)18-9-5-17-20(7-12(14,15)16)11(21)10(9)13/h5,8,18H,2-4,6-7H2,1H3. The molecule has 5 nitrogen and oxygen atoms in total. The molecule has 0 aromatic carbocycles. The predicted octanol–water partition coefficient (Wildman–Crippen LogP) is 1.97. The van der Waals surface area contributed by atoms with Crippen LogP contribution in [0.15, 0.2) is 11.0 Å². The molecule has 9 heteroatoms. The number of likely N-dealkylation sites (tertiary alicyclic amines) is 1. The number of hydrogen-bond donors (Lipinski definition) is 1. The Morgan fingerprint density at radius 1 is 1.52 bits per heavy atom. The van der Waals surface area contributed by atoms with Gasteiger partial charge in [0, 0.05) is 12.6 Å². The molecule has 0 bridgehead atoms. The molecule has 1 aliphatic rings. The van der Waals surface area contributed by atoms with E-state index in [2.05, 4.69) is 15.3 Å². The third-order valence-electron chi connectivity index (χ3n) is 3.30. The van der Waals surface area contributed by atoms with Crippen LogP contribution in [0, 0.1) is 0 Å². The van der Waals surface area contributed by atoms with Crippen molar-refractivity contribution in [2.24, 2.45) is 0 Å². The highest BCUT2D eigenvalue weighted by Crippen LogP contribution is 2.21. The summed E-state index contributed by atoms with van der Waals surface area (Å²) < 4.78 is 37.2. The number of nitrogens with one attached hydrogen (secondary N) is 1. The largest absolute Gasteiger partial charge is 0.408 e. The first-order valence-corrected chi connectivity index (χ1v) is 6.91. The summed E-state index contributed by atoms with van der Waals surface area (Å²) in [5.41, 5.74) is -0.663. The van der Waals surface area contributed by atoms with Gasteiger partial charge in [-0.15, -0.1) is 0 Å². The summed E-state index contributed by atoms with van der Waals surface area (Å²) in [6.45, 7) is 0.331. The molecule has 1 aromatic heterocycles. The number of aromatic nitrogens is 2. The van der Waals surface area contributed by atoms with Crippen molar-refractivity contribution >= 4 is 17.3 Å². The van der Waals surface area contributed by atoms with E-state index in [1.165, 1.54) is 6.20 Å². The number of nitrogens with zero attached hydrogens (tertiary/aromatic N) is 3. The molecule has 1 saturated heterocycles. The molecule has 118 valence electrons. The van der Waals surface area contributed by atoms with E-state index in [0.29, 0.717) is 4.68 Å². The van der Waals surface area contributed by atoms with Gasteiger partial charge >= 0.3 is 6.18 Å². The first kappa shape index (κ1) is 16.1. The van der Waals surface area contributed by atoms with Crippen LogP contribution in [0.1, 0.15) is 12.8 Å². The van der Waals surface area contributed by atoms with E-state index in [0.717, 1.165) is 25.9 Å². The Bertz CT molecular complexity index is 560. The van der Waals surface area contributed by atoms with Crippen LogP contribution >= 0.6 is 11.6 Å². The summed E-state index contributed by atoms with van der Waals surface area (Å²) in [6, 6.07) is 0.0981. The molecule has 0 spiro atoms. The zero-order valence-corrected chi connectivity index (χ0v) is 12.2. The summed E-state index contributed by atoms with van der Waals surface area (Å²) in [5, 5.41) is 6.35. The molecule has 0 saturated carbocycles. The van der Waals surface area contributed by atoms with Crippen molar-refractivity contribution in [3.63, 3.8) is 0 Å². The Balaban J connectivity index is 2.15. The molecule has 1 aliphatic heterocycles. The Labute approximate surface area is 124 Å². The minimum absolute atomic E-state index is 0.0981. The first-order chi connectivity index (χ1) is 9.76. The quantitative estimate of drug-likeness (QED) is 0.923. The topological polar surface area (TPSA) is 50.2 Å². The van der Waals surface area contributed by atoms with Crippen LogP contribution in [0.3, 0.4) is 0 Å². The number of likely N-dealkylation sites (N-methyl/N-ethyl adjacent to an activating group) is 1. The van der Waals surface area contributed by atoms with Gasteiger partial charge in [0.05, 0.1) is 11.9 Å². The van der Waals surface area contributed by atoms with Gasteiger partial charge in [-0.05, 0) is 26.4 Å². The number of piperidine rings is 1. The fourth-order valence-electron chi connectivity index (χ4n) is 2.35. The smallest absolute Gasteiger partial charge is 0.378 e. The number of hydrogen-bond acceptors (Lipinski definition) is 4. The maximum Gasteiger partial charge on any atom is 0.408 e. The Hall–Kier alpha value is -1.28. The van der Waals surface area contributed by atoms with Crippen molar-refractivity contribution in [3.8, 4) is 0 Å². The van der Waals surface area contributed by atoms with Gasteiger partial charge in [-0.3, -0.25) is 4.79 Å². The van der Waals surface area contributed by atoms with Crippen LogP contribution in [0.4, 0.5) is 18.9 Å². The van der Waals surface area contributed by atoms with Crippen LogP contribution in [-0.4, -0.2) is 47.0 Å². The summed E-state index contributed by atoms with van der Waals surface area (Å²) in [5.74, 6) is 0. The van der Waals surface area contributed by atoms with Crippen molar-refractivity contribution in [2.75, 3.05) is 25.5 Å². The van der Waals surface area contributed by atoms with Gasteiger partial charge < -0.3 is 10.2 Å². The van der Waals surface area contributed by atoms with Crippen molar-refractivity contribution in [2.45, 2.75) is 31.6 Å². The van der Waals surface area contributed by atoms with Crippen molar-refractivity contribution in [3.05, 3.63) is 21.6 Å². The normalized spacial score (nSPS) is 20.5. The van der Waals surface area contributed by atoms with E-state index in [9.17, 15) is 18.0 Å². The highest BCUT2D eigenvalue weighted by molar-refractivity contribution is 6.32. The summed E-state index contributed by atoms with van der Waals surface area (Å²) in [4.78, 5) is 13.9. The van der Waals surface area contributed by atoms with Gasteiger partial charge in [-0.25, -0.2) is 4.68 Å². The van der Waals surface area contributed by atoms with E-state index in [1.807, 2.05) is 7.05 Å². The monoisotopic (exact) mass is 324 g/mol. The van der Waals surface area contributed by atoms with E-state index >= 15 is 0 Å². The van der Waals surface area contributed by atoms with Crippen molar-refractivity contribution in [1.29, 1.82) is 0 Å². The fourth-order valence-corrected chi connectivity index (χ4v) is 2.55. The average Bonchev–Trinajstić information content (AvgIpc) is 2.37. The van der Waals surface area contributed by atoms with Crippen LogP contribution in [-0.2, 0) is 6.54 Å². The Morgan fingerprint density at radius 3 is 2.86 bits per heavy atom. The second kappa shape index (κ2) is 6.23. The lowest BCUT2D eigenvalue weighted by Crippen LogP contribution is -2.40. The molecular formula is C12H16ClF3N4O. The van der Waals surface area contributed by atoms with Gasteiger partial charge in [0.25, 0.3) is 5.56 Å². The lowest BCUT2D eigenvalue weighted by molar-refractivity contribution is -0.143. The zero-order chi connectivity index (χ0) is 15.6. The molecule has 21 heavy (non-hydrogen) atoms. The van der Waals surface area contributed by atoms with Gasteiger partial charge in [0.1, 0.15) is 11.6 Å². The average molecular weight is 325 g/mol. The minimum atomic E-state index is -4.51. The third-order valence-corrected chi connectivity index (χ3v) is 3.66. The number of rotatable bonds is 3. The highest BCUT2D eigenvalue weighted by atomic mass is 35.5. The number of anilines is 1. The van der Waals surface area contributed by atoms with E-state index in [-0.39, 0.29) is 16.8 Å². The molecule has 2 rings (SSSR count). The number of halogens is 4. The highest BCUT2D eigenvalue weighted by Gasteiger charge is 2.30. The molecule has 1 fully saturated rings. The fraction of sp³-hybridized carbons (Fsp3) is 0.667. The summed E-state index contributed by atoms with van der Waals surface area (Å²) in [7, 11) is 1.98. The first-order valence-electron chi connectivity index (χ1n) is 6.54.